The highest BCUT2D eigenvalue weighted by atomic mass is 32.2. The molecule has 1 aliphatic rings. The minimum absolute atomic E-state index is 0.0188. The molecule has 1 aliphatic carbocycles. The molecule has 0 radical (unpaired) electrons. The average molecular weight is 314 g/mol. The first kappa shape index (κ1) is 16.4. The van der Waals surface area contributed by atoms with E-state index in [1.807, 2.05) is 0 Å². The lowest BCUT2D eigenvalue weighted by molar-refractivity contribution is 0.260. The lowest BCUT2D eigenvalue weighted by Gasteiger charge is -2.32. The average Bonchev–Trinajstić information content (AvgIpc) is 2.49. The normalized spacial score (nSPS) is 17.3. The van der Waals surface area contributed by atoms with Crippen molar-refractivity contribution < 1.29 is 12.8 Å². The molecule has 0 atom stereocenters. The smallest absolute Gasteiger partial charge is 0.246 e. The predicted molar refractivity (Wildman–Crippen MR) is 80.7 cm³/mol. The maximum absolute atomic E-state index is 14.0. The summed E-state index contributed by atoms with van der Waals surface area (Å²) in [5.74, 6) is -0.707. The fourth-order valence-corrected chi connectivity index (χ4v) is 4.80. The van der Waals surface area contributed by atoms with Gasteiger partial charge in [-0.15, -0.1) is 0 Å². The summed E-state index contributed by atoms with van der Waals surface area (Å²) < 4.78 is 41.1. The zero-order chi connectivity index (χ0) is 15.5. The molecule has 0 heterocycles. The van der Waals surface area contributed by atoms with Gasteiger partial charge in [-0.05, 0) is 30.5 Å². The number of sulfonamides is 1. The van der Waals surface area contributed by atoms with Gasteiger partial charge in [0.05, 0.1) is 0 Å². The molecule has 2 rings (SSSR count). The molecule has 0 aromatic heterocycles. The first-order valence-electron chi connectivity index (χ1n) is 7.51. The molecule has 4 nitrogen and oxygen atoms in total. The van der Waals surface area contributed by atoms with Crippen molar-refractivity contribution in [2.45, 2.75) is 56.5 Å². The van der Waals surface area contributed by atoms with Crippen molar-refractivity contribution in [3.63, 3.8) is 0 Å². The van der Waals surface area contributed by atoms with Crippen molar-refractivity contribution in [2.75, 3.05) is 6.54 Å². The Morgan fingerprint density at radius 2 is 1.95 bits per heavy atom. The quantitative estimate of drug-likeness (QED) is 0.908. The number of benzene rings is 1. The zero-order valence-corrected chi connectivity index (χ0v) is 13.2. The maximum atomic E-state index is 14.0. The van der Waals surface area contributed by atoms with Gasteiger partial charge in [0.15, 0.2) is 0 Å². The fourth-order valence-electron chi connectivity index (χ4n) is 2.99. The van der Waals surface area contributed by atoms with E-state index in [1.54, 1.807) is 6.92 Å². The van der Waals surface area contributed by atoms with Crippen molar-refractivity contribution in [2.24, 2.45) is 5.73 Å². The third-order valence-corrected chi connectivity index (χ3v) is 6.15. The number of rotatable bonds is 5. The molecule has 0 aliphatic heterocycles. The highest BCUT2D eigenvalue weighted by Gasteiger charge is 2.32. The lowest BCUT2D eigenvalue weighted by atomic mass is 9.95. The van der Waals surface area contributed by atoms with Gasteiger partial charge in [0, 0.05) is 19.1 Å². The Bertz CT molecular complexity index is 583. The van der Waals surface area contributed by atoms with Crippen LogP contribution >= 0.6 is 0 Å². The van der Waals surface area contributed by atoms with Gasteiger partial charge in [-0.2, -0.15) is 4.31 Å². The van der Waals surface area contributed by atoms with Gasteiger partial charge < -0.3 is 5.73 Å². The molecular formula is C15H23FN2O2S. The Kier molecular flexibility index (Phi) is 5.35. The Balaban J connectivity index is 2.38. The van der Waals surface area contributed by atoms with Gasteiger partial charge in [0.25, 0.3) is 0 Å². The standard InChI is InChI=1S/C15H23FN2O2S/c1-2-18(13-6-4-3-5-7-13)21(19,20)15-10-12(11-17)8-9-14(15)16/h8-10,13H,2-7,11,17H2,1H3. The van der Waals surface area contributed by atoms with Crippen molar-refractivity contribution >= 4 is 10.0 Å². The van der Waals surface area contributed by atoms with Gasteiger partial charge in [-0.1, -0.05) is 32.3 Å². The van der Waals surface area contributed by atoms with Crippen LogP contribution in [0.3, 0.4) is 0 Å². The Hall–Kier alpha value is -0.980. The zero-order valence-electron chi connectivity index (χ0n) is 12.4. The van der Waals surface area contributed by atoms with E-state index in [-0.39, 0.29) is 17.5 Å². The van der Waals surface area contributed by atoms with E-state index in [0.717, 1.165) is 32.1 Å². The van der Waals surface area contributed by atoms with Crippen molar-refractivity contribution in [1.29, 1.82) is 0 Å². The molecular weight excluding hydrogens is 291 g/mol. The molecule has 1 saturated carbocycles. The van der Waals surface area contributed by atoms with Gasteiger partial charge in [-0.3, -0.25) is 0 Å². The molecule has 0 unspecified atom stereocenters. The van der Waals surface area contributed by atoms with Crippen LogP contribution in [-0.4, -0.2) is 25.3 Å². The Morgan fingerprint density at radius 3 is 2.52 bits per heavy atom. The van der Waals surface area contributed by atoms with E-state index < -0.39 is 15.8 Å². The summed E-state index contributed by atoms with van der Waals surface area (Å²) in [6, 6.07) is 4.04. The van der Waals surface area contributed by atoms with Gasteiger partial charge in [-0.25, -0.2) is 12.8 Å². The second-order valence-electron chi connectivity index (χ2n) is 5.47. The minimum Gasteiger partial charge on any atom is -0.326 e. The molecule has 1 aromatic carbocycles. The summed E-state index contributed by atoms with van der Waals surface area (Å²) in [5.41, 5.74) is 6.15. The highest BCUT2D eigenvalue weighted by molar-refractivity contribution is 7.89. The number of halogens is 1. The molecule has 1 aromatic rings. The van der Waals surface area contributed by atoms with Crippen LogP contribution in [0.5, 0.6) is 0 Å². The summed E-state index contributed by atoms with van der Waals surface area (Å²) in [6.45, 7) is 2.36. The number of hydrogen-bond donors (Lipinski definition) is 1. The third-order valence-electron chi connectivity index (χ3n) is 4.11. The largest absolute Gasteiger partial charge is 0.326 e. The van der Waals surface area contributed by atoms with Crippen LogP contribution in [0.25, 0.3) is 0 Å². The first-order valence-corrected chi connectivity index (χ1v) is 8.95. The second kappa shape index (κ2) is 6.85. The summed E-state index contributed by atoms with van der Waals surface area (Å²) in [5, 5.41) is 0. The number of hydrogen-bond acceptors (Lipinski definition) is 3. The summed E-state index contributed by atoms with van der Waals surface area (Å²) >= 11 is 0. The first-order chi connectivity index (χ1) is 10.0. The van der Waals surface area contributed by atoms with Crippen molar-refractivity contribution in [3.05, 3.63) is 29.6 Å². The van der Waals surface area contributed by atoms with Gasteiger partial charge >= 0.3 is 0 Å². The number of nitrogens with zero attached hydrogens (tertiary/aromatic N) is 1. The van der Waals surface area contributed by atoms with E-state index >= 15 is 0 Å². The molecule has 0 bridgehead atoms. The van der Waals surface area contributed by atoms with E-state index in [0.29, 0.717) is 12.1 Å². The van der Waals surface area contributed by atoms with Crippen LogP contribution in [0.1, 0.15) is 44.6 Å². The molecule has 2 N–H and O–H groups in total. The van der Waals surface area contributed by atoms with Crippen LogP contribution in [0.15, 0.2) is 23.1 Å². The summed E-state index contributed by atoms with van der Waals surface area (Å²) in [4.78, 5) is -0.252. The van der Waals surface area contributed by atoms with Crippen LogP contribution in [0, 0.1) is 5.82 Å². The lowest BCUT2D eigenvalue weighted by Crippen LogP contribution is -2.41. The van der Waals surface area contributed by atoms with Crippen molar-refractivity contribution in [1.82, 2.24) is 4.31 Å². The summed E-state index contributed by atoms with van der Waals surface area (Å²) in [6.07, 6.45) is 4.91. The fraction of sp³-hybridized carbons (Fsp3) is 0.600. The molecule has 118 valence electrons. The predicted octanol–water partition coefficient (Wildman–Crippen LogP) is 2.63. The monoisotopic (exact) mass is 314 g/mol. The summed E-state index contributed by atoms with van der Waals surface area (Å²) in [7, 11) is -3.81. The van der Waals surface area contributed by atoms with E-state index in [1.165, 1.54) is 22.5 Å². The number of nitrogens with two attached hydrogens (primary N) is 1. The van der Waals surface area contributed by atoms with Crippen LogP contribution in [0.4, 0.5) is 4.39 Å². The minimum atomic E-state index is -3.81. The molecule has 0 amide bonds. The van der Waals surface area contributed by atoms with Crippen LogP contribution < -0.4 is 5.73 Å². The Morgan fingerprint density at radius 1 is 1.29 bits per heavy atom. The van der Waals surface area contributed by atoms with Crippen molar-refractivity contribution in [3.8, 4) is 0 Å². The molecule has 0 saturated heterocycles. The van der Waals surface area contributed by atoms with Crippen LogP contribution in [-0.2, 0) is 16.6 Å². The highest BCUT2D eigenvalue weighted by Crippen LogP contribution is 2.29. The Labute approximate surface area is 126 Å². The van der Waals surface area contributed by atoms with Gasteiger partial charge in [0.2, 0.25) is 10.0 Å². The molecule has 6 heteroatoms. The SMILES string of the molecule is CCN(C1CCCCC1)S(=O)(=O)c1cc(CN)ccc1F. The molecule has 1 fully saturated rings. The van der Waals surface area contributed by atoms with E-state index in [2.05, 4.69) is 0 Å². The van der Waals surface area contributed by atoms with Crippen LogP contribution in [0.2, 0.25) is 0 Å². The van der Waals surface area contributed by atoms with E-state index in [4.69, 9.17) is 5.73 Å². The van der Waals surface area contributed by atoms with E-state index in [9.17, 15) is 12.8 Å². The maximum Gasteiger partial charge on any atom is 0.246 e. The molecule has 0 spiro atoms. The third kappa shape index (κ3) is 3.44. The topological polar surface area (TPSA) is 63.4 Å². The molecule has 21 heavy (non-hydrogen) atoms. The second-order valence-corrected chi connectivity index (χ2v) is 7.33. The van der Waals surface area contributed by atoms with Gasteiger partial charge in [0.1, 0.15) is 10.7 Å².